The first kappa shape index (κ1) is 17.5. The van der Waals surface area contributed by atoms with Gasteiger partial charge in [0.05, 0.1) is 0 Å². The summed E-state index contributed by atoms with van der Waals surface area (Å²) in [6.07, 6.45) is 3.52. The number of benzene rings is 1. The summed E-state index contributed by atoms with van der Waals surface area (Å²) in [6, 6.07) is 8.45. The van der Waals surface area contributed by atoms with Gasteiger partial charge in [0.15, 0.2) is 0 Å². The molecule has 3 nitrogen and oxygen atoms in total. The van der Waals surface area contributed by atoms with Crippen LogP contribution in [0.4, 0.5) is 0 Å². The molecule has 1 unspecified atom stereocenters. The van der Waals surface area contributed by atoms with Crippen molar-refractivity contribution in [2.45, 2.75) is 31.6 Å². The van der Waals surface area contributed by atoms with Gasteiger partial charge in [-0.1, -0.05) is 41.4 Å². The first-order chi connectivity index (χ1) is 9.07. The molecule has 0 aromatic heterocycles. The number of carbonyl (C=O) groups excluding carboxylic acids is 1. The van der Waals surface area contributed by atoms with Gasteiger partial charge < -0.3 is 11.1 Å². The minimum Gasteiger partial charge on any atom is -0.355 e. The number of nitrogens with two attached hydrogens (primary N) is 1. The van der Waals surface area contributed by atoms with E-state index in [1.165, 1.54) is 12.0 Å². The topological polar surface area (TPSA) is 55.1 Å². The van der Waals surface area contributed by atoms with E-state index in [1.54, 1.807) is 0 Å². The van der Waals surface area contributed by atoms with E-state index >= 15 is 0 Å². The van der Waals surface area contributed by atoms with E-state index in [0.717, 1.165) is 23.9 Å². The van der Waals surface area contributed by atoms with Crippen LogP contribution >= 0.6 is 28.3 Å². The third-order valence-corrected chi connectivity index (χ3v) is 4.70. The lowest BCUT2D eigenvalue weighted by Crippen LogP contribution is -2.47. The van der Waals surface area contributed by atoms with Crippen molar-refractivity contribution in [2.24, 2.45) is 11.7 Å². The fraction of sp³-hybridized carbons (Fsp3) is 0.533. The zero-order chi connectivity index (χ0) is 13.9. The second-order valence-electron chi connectivity index (χ2n) is 5.50. The molecule has 1 saturated carbocycles. The van der Waals surface area contributed by atoms with Crippen molar-refractivity contribution in [3.05, 3.63) is 34.3 Å². The van der Waals surface area contributed by atoms with E-state index < -0.39 is 0 Å². The van der Waals surface area contributed by atoms with Crippen LogP contribution in [0.5, 0.6) is 0 Å². The van der Waals surface area contributed by atoms with E-state index in [4.69, 9.17) is 5.73 Å². The Kier molecular flexibility index (Phi) is 6.49. The number of nitrogens with one attached hydrogen (secondary N) is 1. The number of hydrogen-bond donors (Lipinski definition) is 2. The van der Waals surface area contributed by atoms with Crippen LogP contribution in [0.1, 0.15) is 31.7 Å². The van der Waals surface area contributed by atoms with Crippen molar-refractivity contribution >= 4 is 34.2 Å². The largest absolute Gasteiger partial charge is 0.355 e. The maximum Gasteiger partial charge on any atom is 0.224 e. The maximum atomic E-state index is 11.8. The van der Waals surface area contributed by atoms with E-state index in [-0.39, 0.29) is 29.6 Å². The van der Waals surface area contributed by atoms with Crippen molar-refractivity contribution in [2.75, 3.05) is 13.1 Å². The van der Waals surface area contributed by atoms with E-state index in [9.17, 15) is 4.79 Å². The fourth-order valence-electron chi connectivity index (χ4n) is 2.51. The molecule has 2 rings (SSSR count). The zero-order valence-corrected chi connectivity index (χ0v) is 14.1. The fourth-order valence-corrected chi connectivity index (χ4v) is 2.78. The molecule has 1 atom stereocenters. The van der Waals surface area contributed by atoms with Gasteiger partial charge in [0.1, 0.15) is 0 Å². The lowest BCUT2D eigenvalue weighted by Gasteiger charge is -2.42. The highest BCUT2D eigenvalue weighted by atomic mass is 79.9. The molecule has 0 heterocycles. The lowest BCUT2D eigenvalue weighted by atomic mass is 9.64. The van der Waals surface area contributed by atoms with Crippen molar-refractivity contribution in [3.8, 4) is 0 Å². The van der Waals surface area contributed by atoms with Gasteiger partial charge in [-0.15, -0.1) is 12.4 Å². The SMILES string of the molecule is CC(CN)C(=O)NCC1(c2ccc(Br)cc2)CCC1.Cl. The number of hydrogen-bond acceptors (Lipinski definition) is 2. The number of carbonyl (C=O) groups is 1. The van der Waals surface area contributed by atoms with E-state index in [1.807, 2.05) is 6.92 Å². The molecule has 112 valence electrons. The average molecular weight is 362 g/mol. The van der Waals surface area contributed by atoms with Gasteiger partial charge in [0.2, 0.25) is 5.91 Å². The number of amides is 1. The average Bonchev–Trinajstić information content (AvgIpc) is 2.38. The highest BCUT2D eigenvalue weighted by Crippen LogP contribution is 2.43. The van der Waals surface area contributed by atoms with Crippen LogP contribution in [0.3, 0.4) is 0 Å². The minimum atomic E-state index is -0.109. The molecule has 0 aliphatic heterocycles. The van der Waals surface area contributed by atoms with Crippen molar-refractivity contribution in [3.63, 3.8) is 0 Å². The molecule has 0 bridgehead atoms. The summed E-state index contributed by atoms with van der Waals surface area (Å²) < 4.78 is 1.09. The highest BCUT2D eigenvalue weighted by Gasteiger charge is 2.38. The summed E-state index contributed by atoms with van der Waals surface area (Å²) in [5.74, 6) is -0.0482. The molecule has 1 aliphatic rings. The van der Waals surface area contributed by atoms with E-state index in [0.29, 0.717) is 6.54 Å². The van der Waals surface area contributed by atoms with Crippen LogP contribution in [-0.4, -0.2) is 19.0 Å². The molecule has 0 radical (unpaired) electrons. The second-order valence-corrected chi connectivity index (χ2v) is 6.41. The molecule has 20 heavy (non-hydrogen) atoms. The molecule has 3 N–H and O–H groups in total. The van der Waals surface area contributed by atoms with Crippen LogP contribution in [0.15, 0.2) is 28.7 Å². The van der Waals surface area contributed by atoms with Crippen molar-refractivity contribution in [1.82, 2.24) is 5.32 Å². The van der Waals surface area contributed by atoms with Gasteiger partial charge in [-0.25, -0.2) is 0 Å². The third-order valence-electron chi connectivity index (χ3n) is 4.17. The van der Waals surface area contributed by atoms with Crippen LogP contribution in [0, 0.1) is 5.92 Å². The Morgan fingerprint density at radius 1 is 1.40 bits per heavy atom. The second kappa shape index (κ2) is 7.43. The van der Waals surface area contributed by atoms with Gasteiger partial charge in [-0.2, -0.15) is 0 Å². The smallest absolute Gasteiger partial charge is 0.224 e. The Morgan fingerprint density at radius 3 is 2.45 bits per heavy atom. The Hall–Kier alpha value is -0.580. The normalized spacial score (nSPS) is 17.6. The highest BCUT2D eigenvalue weighted by molar-refractivity contribution is 9.10. The summed E-state index contributed by atoms with van der Waals surface area (Å²) in [6.45, 7) is 2.98. The zero-order valence-electron chi connectivity index (χ0n) is 11.7. The van der Waals surface area contributed by atoms with Crippen LogP contribution in [0.2, 0.25) is 0 Å². The first-order valence-electron chi connectivity index (χ1n) is 6.81. The molecule has 0 spiro atoms. The summed E-state index contributed by atoms with van der Waals surface area (Å²) in [5.41, 5.74) is 6.97. The molecule has 0 saturated heterocycles. The lowest BCUT2D eigenvalue weighted by molar-refractivity contribution is -0.124. The predicted molar refractivity (Wildman–Crippen MR) is 88.1 cm³/mol. The van der Waals surface area contributed by atoms with E-state index in [2.05, 4.69) is 45.5 Å². The Morgan fingerprint density at radius 2 is 2.00 bits per heavy atom. The van der Waals surface area contributed by atoms with Crippen molar-refractivity contribution < 1.29 is 4.79 Å². The molecule has 5 heteroatoms. The molecule has 1 aliphatic carbocycles. The number of halogens is 2. The molecule has 1 fully saturated rings. The Balaban J connectivity index is 0.00000200. The summed E-state index contributed by atoms with van der Waals surface area (Å²) >= 11 is 3.46. The predicted octanol–water partition coefficient (Wildman–Crippen LogP) is 3.00. The van der Waals surface area contributed by atoms with Gasteiger partial charge in [-0.05, 0) is 30.5 Å². The summed E-state index contributed by atoms with van der Waals surface area (Å²) in [5, 5.41) is 3.06. The quantitative estimate of drug-likeness (QED) is 0.847. The van der Waals surface area contributed by atoms with Crippen LogP contribution < -0.4 is 11.1 Å². The molecule has 1 aromatic rings. The van der Waals surface area contributed by atoms with Gasteiger partial charge in [0.25, 0.3) is 0 Å². The third kappa shape index (κ3) is 3.74. The number of rotatable bonds is 5. The summed E-state index contributed by atoms with van der Waals surface area (Å²) in [7, 11) is 0. The Labute approximate surface area is 135 Å². The van der Waals surface area contributed by atoms with Gasteiger partial charge in [-0.3, -0.25) is 4.79 Å². The monoisotopic (exact) mass is 360 g/mol. The van der Waals surface area contributed by atoms with Crippen LogP contribution in [0.25, 0.3) is 0 Å². The minimum absolute atomic E-state index is 0. The molecule has 1 amide bonds. The first-order valence-corrected chi connectivity index (χ1v) is 7.60. The Bertz CT molecular complexity index is 446. The maximum absolute atomic E-state index is 11.8. The molecule has 1 aromatic carbocycles. The van der Waals surface area contributed by atoms with Crippen molar-refractivity contribution in [1.29, 1.82) is 0 Å². The standard InChI is InChI=1S/C15H21BrN2O.ClH/c1-11(9-17)14(19)18-10-15(7-2-8-15)12-3-5-13(16)6-4-12;/h3-6,11H,2,7-10,17H2,1H3,(H,18,19);1H. The summed E-state index contributed by atoms with van der Waals surface area (Å²) in [4.78, 5) is 11.8. The van der Waals surface area contributed by atoms with Crippen LogP contribution in [-0.2, 0) is 10.2 Å². The molecular formula is C15H22BrClN2O. The molecular weight excluding hydrogens is 340 g/mol. The van der Waals surface area contributed by atoms with Gasteiger partial charge in [0, 0.05) is 28.9 Å². The van der Waals surface area contributed by atoms with Gasteiger partial charge >= 0.3 is 0 Å².